The molecule has 1 aromatic heterocycles. The van der Waals surface area contributed by atoms with E-state index in [1.807, 2.05) is 4.90 Å². The van der Waals surface area contributed by atoms with Crippen LogP contribution in [0.4, 0.5) is 14.6 Å². The number of hydrogen-bond donors (Lipinski definition) is 1. The van der Waals surface area contributed by atoms with Gasteiger partial charge in [0, 0.05) is 25.7 Å². The normalized spacial score (nSPS) is 17.7. The Morgan fingerprint density at radius 2 is 2.04 bits per heavy atom. The van der Waals surface area contributed by atoms with Crippen LogP contribution in [-0.4, -0.2) is 22.1 Å². The minimum absolute atomic E-state index is 0.0888. The summed E-state index contributed by atoms with van der Waals surface area (Å²) in [4.78, 5) is 28.1. The SMILES string of the molecule is Cn1c(=O)cc(N2CCCC2Cc2cc(F)ccc2F)[nH]c1=O. The molecule has 5 nitrogen and oxygen atoms in total. The number of nitrogens with zero attached hydrogens (tertiary/aromatic N) is 2. The molecule has 7 heteroatoms. The van der Waals surface area contributed by atoms with Gasteiger partial charge in [0.25, 0.3) is 5.56 Å². The number of aromatic amines is 1. The fourth-order valence-corrected chi connectivity index (χ4v) is 3.02. The van der Waals surface area contributed by atoms with Gasteiger partial charge in [0.2, 0.25) is 0 Å². The molecule has 122 valence electrons. The van der Waals surface area contributed by atoms with Crippen LogP contribution in [0, 0.1) is 11.6 Å². The van der Waals surface area contributed by atoms with E-state index in [2.05, 4.69) is 4.98 Å². The molecule has 1 fully saturated rings. The Morgan fingerprint density at radius 3 is 2.78 bits per heavy atom. The number of benzene rings is 1. The maximum Gasteiger partial charge on any atom is 0.329 e. The van der Waals surface area contributed by atoms with Crippen molar-refractivity contribution in [1.82, 2.24) is 9.55 Å². The predicted molar refractivity (Wildman–Crippen MR) is 82.7 cm³/mol. The number of hydrogen-bond acceptors (Lipinski definition) is 3. The first-order valence-electron chi connectivity index (χ1n) is 7.46. The van der Waals surface area contributed by atoms with E-state index in [1.165, 1.54) is 19.2 Å². The van der Waals surface area contributed by atoms with Gasteiger partial charge < -0.3 is 4.90 Å². The topological polar surface area (TPSA) is 58.1 Å². The van der Waals surface area contributed by atoms with E-state index >= 15 is 0 Å². The molecule has 1 N–H and O–H groups in total. The third-order valence-corrected chi connectivity index (χ3v) is 4.28. The Balaban J connectivity index is 1.90. The number of aromatic nitrogens is 2. The second kappa shape index (κ2) is 5.98. The van der Waals surface area contributed by atoms with Crippen LogP contribution in [0.2, 0.25) is 0 Å². The molecule has 0 saturated carbocycles. The van der Waals surface area contributed by atoms with E-state index in [-0.39, 0.29) is 6.04 Å². The van der Waals surface area contributed by atoms with Crippen LogP contribution in [0.5, 0.6) is 0 Å². The molecule has 0 aliphatic carbocycles. The van der Waals surface area contributed by atoms with Gasteiger partial charge in [-0.2, -0.15) is 0 Å². The van der Waals surface area contributed by atoms with Crippen LogP contribution in [-0.2, 0) is 13.5 Å². The highest BCUT2D eigenvalue weighted by Gasteiger charge is 2.27. The lowest BCUT2D eigenvalue weighted by molar-refractivity contribution is 0.565. The molecule has 0 bridgehead atoms. The van der Waals surface area contributed by atoms with Crippen LogP contribution >= 0.6 is 0 Å². The lowest BCUT2D eigenvalue weighted by Gasteiger charge is -2.26. The molecule has 0 amide bonds. The summed E-state index contributed by atoms with van der Waals surface area (Å²) in [5, 5.41) is 0. The van der Waals surface area contributed by atoms with E-state index in [0.29, 0.717) is 24.3 Å². The molecule has 1 aliphatic heterocycles. The zero-order valence-corrected chi connectivity index (χ0v) is 12.7. The van der Waals surface area contributed by atoms with Crippen LogP contribution < -0.4 is 16.1 Å². The minimum atomic E-state index is -0.491. The first-order valence-corrected chi connectivity index (χ1v) is 7.46. The molecule has 1 atom stereocenters. The van der Waals surface area contributed by atoms with E-state index < -0.39 is 22.9 Å². The van der Waals surface area contributed by atoms with Gasteiger partial charge >= 0.3 is 5.69 Å². The lowest BCUT2D eigenvalue weighted by atomic mass is 10.0. The largest absolute Gasteiger partial charge is 0.355 e. The lowest BCUT2D eigenvalue weighted by Crippen LogP contribution is -2.38. The van der Waals surface area contributed by atoms with Gasteiger partial charge in [0.05, 0.1) is 0 Å². The van der Waals surface area contributed by atoms with Crippen LogP contribution in [0.1, 0.15) is 18.4 Å². The first-order chi connectivity index (χ1) is 11.0. The van der Waals surface area contributed by atoms with E-state index in [1.54, 1.807) is 0 Å². The Kier molecular flexibility index (Phi) is 4.02. The maximum absolute atomic E-state index is 13.8. The van der Waals surface area contributed by atoms with Crippen LogP contribution in [0.3, 0.4) is 0 Å². The van der Waals surface area contributed by atoms with Crippen molar-refractivity contribution in [2.45, 2.75) is 25.3 Å². The van der Waals surface area contributed by atoms with Gasteiger partial charge in [0.15, 0.2) is 0 Å². The van der Waals surface area contributed by atoms with Gasteiger partial charge in [-0.15, -0.1) is 0 Å². The molecule has 23 heavy (non-hydrogen) atoms. The molecule has 0 radical (unpaired) electrons. The minimum Gasteiger partial charge on any atom is -0.355 e. The Morgan fingerprint density at radius 1 is 1.26 bits per heavy atom. The van der Waals surface area contributed by atoms with Crippen molar-refractivity contribution >= 4 is 5.82 Å². The molecular weight excluding hydrogens is 304 g/mol. The van der Waals surface area contributed by atoms with Gasteiger partial charge in [-0.25, -0.2) is 13.6 Å². The predicted octanol–water partition coefficient (Wildman–Crippen LogP) is 1.56. The number of halogens is 2. The smallest absolute Gasteiger partial charge is 0.329 e. The highest BCUT2D eigenvalue weighted by molar-refractivity contribution is 5.40. The average molecular weight is 321 g/mol. The summed E-state index contributed by atoms with van der Waals surface area (Å²) in [7, 11) is 1.40. The van der Waals surface area contributed by atoms with Crippen molar-refractivity contribution in [2.75, 3.05) is 11.4 Å². The van der Waals surface area contributed by atoms with Gasteiger partial charge in [0.1, 0.15) is 17.5 Å². The van der Waals surface area contributed by atoms with Gasteiger partial charge in [-0.05, 0) is 43.0 Å². The van der Waals surface area contributed by atoms with Crippen molar-refractivity contribution < 1.29 is 8.78 Å². The second-order valence-electron chi connectivity index (χ2n) is 5.79. The summed E-state index contributed by atoms with van der Waals surface area (Å²) in [6.07, 6.45) is 1.97. The van der Waals surface area contributed by atoms with Gasteiger partial charge in [-0.1, -0.05) is 0 Å². The quantitative estimate of drug-likeness (QED) is 0.933. The molecule has 3 rings (SSSR count). The Bertz CT molecular complexity index is 813. The third kappa shape index (κ3) is 3.04. The summed E-state index contributed by atoms with van der Waals surface area (Å²) >= 11 is 0. The van der Waals surface area contributed by atoms with Crippen LogP contribution in [0.15, 0.2) is 33.9 Å². The molecule has 1 unspecified atom stereocenters. The molecule has 1 saturated heterocycles. The summed E-state index contributed by atoms with van der Waals surface area (Å²) in [6, 6.07) is 4.67. The second-order valence-corrected chi connectivity index (χ2v) is 5.79. The summed E-state index contributed by atoms with van der Waals surface area (Å²) in [5.41, 5.74) is -0.588. The Hall–Kier alpha value is -2.44. The molecule has 2 heterocycles. The zero-order chi connectivity index (χ0) is 16.6. The highest BCUT2D eigenvalue weighted by Crippen LogP contribution is 2.26. The van der Waals surface area contributed by atoms with E-state index in [4.69, 9.17) is 0 Å². The van der Waals surface area contributed by atoms with Gasteiger partial charge in [-0.3, -0.25) is 14.3 Å². The summed E-state index contributed by atoms with van der Waals surface area (Å²) in [5.74, 6) is -0.499. The van der Waals surface area contributed by atoms with Crippen molar-refractivity contribution in [3.8, 4) is 0 Å². The van der Waals surface area contributed by atoms with Crippen molar-refractivity contribution in [3.05, 3.63) is 62.3 Å². The number of H-pyrrole nitrogens is 1. The van der Waals surface area contributed by atoms with E-state index in [0.717, 1.165) is 29.5 Å². The monoisotopic (exact) mass is 321 g/mol. The number of anilines is 1. The highest BCUT2D eigenvalue weighted by atomic mass is 19.1. The molecular formula is C16H17F2N3O2. The molecule has 0 spiro atoms. The number of rotatable bonds is 3. The van der Waals surface area contributed by atoms with Crippen molar-refractivity contribution in [2.24, 2.45) is 7.05 Å². The van der Waals surface area contributed by atoms with Crippen molar-refractivity contribution in [3.63, 3.8) is 0 Å². The van der Waals surface area contributed by atoms with Crippen molar-refractivity contribution in [1.29, 1.82) is 0 Å². The average Bonchev–Trinajstić information content (AvgIpc) is 2.96. The first kappa shape index (κ1) is 15.5. The summed E-state index contributed by atoms with van der Waals surface area (Å²) < 4.78 is 28.1. The molecule has 1 aromatic carbocycles. The zero-order valence-electron chi connectivity index (χ0n) is 12.7. The van der Waals surface area contributed by atoms with Crippen LogP contribution in [0.25, 0.3) is 0 Å². The molecule has 2 aromatic rings. The fraction of sp³-hybridized carbons (Fsp3) is 0.375. The fourth-order valence-electron chi connectivity index (χ4n) is 3.02. The maximum atomic E-state index is 13.8. The standard InChI is InChI=1S/C16H17F2N3O2/c1-20-15(22)9-14(19-16(20)23)21-6-2-3-12(21)8-10-7-11(17)4-5-13(10)18/h4-5,7,9,12H,2-3,6,8H2,1H3,(H,19,23). The third-order valence-electron chi connectivity index (χ3n) is 4.28. The summed E-state index contributed by atoms with van der Waals surface area (Å²) in [6.45, 7) is 0.657. The molecule has 1 aliphatic rings. The number of nitrogens with one attached hydrogen (secondary N) is 1. The Labute approximate surface area is 131 Å². The van der Waals surface area contributed by atoms with E-state index in [9.17, 15) is 18.4 Å².